The van der Waals surface area contributed by atoms with E-state index in [2.05, 4.69) is 15.2 Å². The zero-order chi connectivity index (χ0) is 13.0. The van der Waals surface area contributed by atoms with Crippen LogP contribution in [0.25, 0.3) is 0 Å². The normalized spacial score (nSPS) is 19.5. The van der Waals surface area contributed by atoms with E-state index in [-0.39, 0.29) is 0 Å². The minimum absolute atomic E-state index is 0.588. The standard InChI is InChI=1S/C13H20ClN3O/c1-15-6-11-5-12(14)13(16-7-11)17-4-3-10(8-17)9-18-2/h5,7,10,15H,3-4,6,8-9H2,1-2H3. The van der Waals surface area contributed by atoms with Crippen LogP contribution in [0.15, 0.2) is 12.3 Å². The van der Waals surface area contributed by atoms with Crippen LogP contribution in [0.1, 0.15) is 12.0 Å². The average molecular weight is 270 g/mol. The number of aromatic nitrogens is 1. The van der Waals surface area contributed by atoms with Gasteiger partial charge in [-0.3, -0.25) is 0 Å². The van der Waals surface area contributed by atoms with E-state index in [1.54, 1.807) is 7.11 Å². The Bertz CT molecular complexity index is 400. The molecular formula is C13H20ClN3O. The molecule has 0 bridgehead atoms. The second-order valence-electron chi connectivity index (χ2n) is 4.74. The van der Waals surface area contributed by atoms with Crippen LogP contribution in [0, 0.1) is 5.92 Å². The molecule has 0 aliphatic carbocycles. The fraction of sp³-hybridized carbons (Fsp3) is 0.615. The molecule has 0 spiro atoms. The number of rotatable bonds is 5. The first-order valence-electron chi connectivity index (χ1n) is 6.27. The quantitative estimate of drug-likeness (QED) is 0.886. The fourth-order valence-corrected chi connectivity index (χ4v) is 2.71. The molecule has 100 valence electrons. The van der Waals surface area contributed by atoms with E-state index in [4.69, 9.17) is 16.3 Å². The molecule has 1 saturated heterocycles. The second-order valence-corrected chi connectivity index (χ2v) is 5.14. The molecule has 0 saturated carbocycles. The number of halogens is 1. The van der Waals surface area contributed by atoms with E-state index < -0.39 is 0 Å². The van der Waals surface area contributed by atoms with Gasteiger partial charge < -0.3 is 15.0 Å². The molecule has 1 atom stereocenters. The summed E-state index contributed by atoms with van der Waals surface area (Å²) in [5.74, 6) is 1.49. The van der Waals surface area contributed by atoms with Crippen molar-refractivity contribution in [2.75, 3.05) is 38.8 Å². The smallest absolute Gasteiger partial charge is 0.147 e. The molecule has 1 N–H and O–H groups in total. The minimum atomic E-state index is 0.588. The SMILES string of the molecule is CNCc1cnc(N2CCC(COC)C2)c(Cl)c1. The van der Waals surface area contributed by atoms with E-state index >= 15 is 0 Å². The van der Waals surface area contributed by atoms with Gasteiger partial charge in [0.15, 0.2) is 0 Å². The Kier molecular flexibility index (Phi) is 4.80. The van der Waals surface area contributed by atoms with Gasteiger partial charge in [-0.2, -0.15) is 0 Å². The van der Waals surface area contributed by atoms with Crippen molar-refractivity contribution in [3.05, 3.63) is 22.8 Å². The summed E-state index contributed by atoms with van der Waals surface area (Å²) in [5, 5.41) is 3.83. The van der Waals surface area contributed by atoms with Gasteiger partial charge in [-0.05, 0) is 25.1 Å². The van der Waals surface area contributed by atoms with Gasteiger partial charge >= 0.3 is 0 Å². The number of nitrogens with one attached hydrogen (secondary N) is 1. The van der Waals surface area contributed by atoms with Gasteiger partial charge in [0.05, 0.1) is 11.6 Å². The van der Waals surface area contributed by atoms with Gasteiger partial charge in [0, 0.05) is 38.9 Å². The Morgan fingerprint density at radius 3 is 3.11 bits per heavy atom. The summed E-state index contributed by atoms with van der Waals surface area (Å²) >= 11 is 6.31. The van der Waals surface area contributed by atoms with Crippen molar-refractivity contribution in [2.45, 2.75) is 13.0 Å². The Morgan fingerprint density at radius 1 is 1.61 bits per heavy atom. The van der Waals surface area contributed by atoms with Crippen molar-refractivity contribution in [3.63, 3.8) is 0 Å². The van der Waals surface area contributed by atoms with Gasteiger partial charge in [0.25, 0.3) is 0 Å². The maximum Gasteiger partial charge on any atom is 0.147 e. The first-order valence-corrected chi connectivity index (χ1v) is 6.65. The fourth-order valence-electron chi connectivity index (χ4n) is 2.40. The number of methoxy groups -OCH3 is 1. The lowest BCUT2D eigenvalue weighted by Gasteiger charge is -2.19. The molecule has 1 aliphatic rings. The molecule has 4 nitrogen and oxygen atoms in total. The van der Waals surface area contributed by atoms with E-state index in [1.165, 1.54) is 0 Å². The zero-order valence-corrected chi connectivity index (χ0v) is 11.7. The highest BCUT2D eigenvalue weighted by atomic mass is 35.5. The maximum atomic E-state index is 6.31. The number of pyridine rings is 1. The summed E-state index contributed by atoms with van der Waals surface area (Å²) in [6, 6.07) is 1.99. The third-order valence-electron chi connectivity index (χ3n) is 3.25. The number of ether oxygens (including phenoxy) is 1. The van der Waals surface area contributed by atoms with E-state index in [0.29, 0.717) is 5.92 Å². The van der Waals surface area contributed by atoms with Crippen LogP contribution in [0.2, 0.25) is 5.02 Å². The largest absolute Gasteiger partial charge is 0.384 e. The van der Waals surface area contributed by atoms with Gasteiger partial charge in [0.1, 0.15) is 5.82 Å². The monoisotopic (exact) mass is 269 g/mol. The van der Waals surface area contributed by atoms with Crippen LogP contribution in [0.4, 0.5) is 5.82 Å². The molecule has 1 aromatic heterocycles. The van der Waals surface area contributed by atoms with Crippen LogP contribution in [-0.2, 0) is 11.3 Å². The average Bonchev–Trinajstić information content (AvgIpc) is 2.78. The van der Waals surface area contributed by atoms with Gasteiger partial charge in [-0.25, -0.2) is 4.98 Å². The molecule has 2 rings (SSSR count). The maximum absolute atomic E-state index is 6.31. The molecule has 1 aromatic rings. The first kappa shape index (κ1) is 13.6. The van der Waals surface area contributed by atoms with Gasteiger partial charge in [-0.1, -0.05) is 11.6 Å². The highest BCUT2D eigenvalue weighted by Crippen LogP contribution is 2.29. The molecule has 1 fully saturated rings. The lowest BCUT2D eigenvalue weighted by molar-refractivity contribution is 0.161. The van der Waals surface area contributed by atoms with Crippen LogP contribution >= 0.6 is 11.6 Å². The first-order chi connectivity index (χ1) is 8.74. The van der Waals surface area contributed by atoms with Crippen LogP contribution in [-0.4, -0.2) is 38.8 Å². The minimum Gasteiger partial charge on any atom is -0.384 e. The summed E-state index contributed by atoms with van der Waals surface area (Å²) in [4.78, 5) is 6.73. The lowest BCUT2D eigenvalue weighted by Crippen LogP contribution is -2.22. The number of anilines is 1. The molecule has 2 heterocycles. The van der Waals surface area contributed by atoms with Gasteiger partial charge in [-0.15, -0.1) is 0 Å². The second kappa shape index (κ2) is 6.36. The molecule has 0 aromatic carbocycles. The molecule has 1 unspecified atom stereocenters. The van der Waals surface area contributed by atoms with Crippen LogP contribution < -0.4 is 10.2 Å². The predicted octanol–water partition coefficient (Wildman–Crippen LogP) is 1.93. The topological polar surface area (TPSA) is 37.4 Å². The highest BCUT2D eigenvalue weighted by Gasteiger charge is 2.24. The molecule has 0 radical (unpaired) electrons. The number of hydrogen-bond donors (Lipinski definition) is 1. The Labute approximate surface area is 113 Å². The van der Waals surface area contributed by atoms with E-state index in [0.717, 1.165) is 49.1 Å². The Hall–Kier alpha value is -0.840. The van der Waals surface area contributed by atoms with Crippen molar-refractivity contribution >= 4 is 17.4 Å². The predicted molar refractivity (Wildman–Crippen MR) is 74.2 cm³/mol. The van der Waals surface area contributed by atoms with Crippen molar-refractivity contribution in [2.24, 2.45) is 5.92 Å². The summed E-state index contributed by atoms with van der Waals surface area (Å²) in [6.07, 6.45) is 3.03. The molecule has 1 aliphatic heterocycles. The summed E-state index contributed by atoms with van der Waals surface area (Å²) in [6.45, 7) is 3.59. The van der Waals surface area contributed by atoms with Crippen LogP contribution in [0.5, 0.6) is 0 Å². The van der Waals surface area contributed by atoms with Gasteiger partial charge in [0.2, 0.25) is 0 Å². The molecule has 18 heavy (non-hydrogen) atoms. The van der Waals surface area contributed by atoms with Crippen molar-refractivity contribution < 1.29 is 4.74 Å². The third kappa shape index (κ3) is 3.13. The summed E-state index contributed by atoms with van der Waals surface area (Å²) < 4.78 is 5.20. The molecular weight excluding hydrogens is 250 g/mol. The van der Waals surface area contributed by atoms with Crippen molar-refractivity contribution in [1.29, 1.82) is 0 Å². The number of nitrogens with zero attached hydrogens (tertiary/aromatic N) is 2. The third-order valence-corrected chi connectivity index (χ3v) is 3.53. The van der Waals surface area contributed by atoms with Crippen LogP contribution in [0.3, 0.4) is 0 Å². The van der Waals surface area contributed by atoms with E-state index in [1.807, 2.05) is 19.3 Å². The Balaban J connectivity index is 2.05. The van der Waals surface area contributed by atoms with Crippen molar-refractivity contribution in [3.8, 4) is 0 Å². The highest BCUT2D eigenvalue weighted by molar-refractivity contribution is 6.33. The van der Waals surface area contributed by atoms with Crippen molar-refractivity contribution in [1.82, 2.24) is 10.3 Å². The lowest BCUT2D eigenvalue weighted by atomic mass is 10.1. The molecule has 0 amide bonds. The summed E-state index contributed by atoms with van der Waals surface area (Å²) in [7, 11) is 3.66. The summed E-state index contributed by atoms with van der Waals surface area (Å²) in [5.41, 5.74) is 1.11. The van der Waals surface area contributed by atoms with E-state index in [9.17, 15) is 0 Å². The molecule has 5 heteroatoms. The zero-order valence-electron chi connectivity index (χ0n) is 10.9. The number of hydrogen-bond acceptors (Lipinski definition) is 4. The Morgan fingerprint density at radius 2 is 2.44 bits per heavy atom.